The van der Waals surface area contributed by atoms with Crippen LogP contribution in [0.1, 0.15) is 35.7 Å². The number of anilines is 1. The van der Waals surface area contributed by atoms with Gasteiger partial charge in [0.1, 0.15) is 18.9 Å². The van der Waals surface area contributed by atoms with Crippen LogP contribution in [0, 0.1) is 5.92 Å². The molecule has 37 heavy (non-hydrogen) atoms. The van der Waals surface area contributed by atoms with E-state index in [1.807, 2.05) is 0 Å². The summed E-state index contributed by atoms with van der Waals surface area (Å²) in [5.74, 6) is -1.64. The van der Waals surface area contributed by atoms with Crippen LogP contribution in [0.4, 0.5) is 5.69 Å². The number of benzene rings is 2. The lowest BCUT2D eigenvalue weighted by atomic mass is 9.93. The Balaban J connectivity index is 1.71. The minimum atomic E-state index is -0.947. The van der Waals surface area contributed by atoms with E-state index >= 15 is 0 Å². The molecule has 0 unspecified atom stereocenters. The van der Waals surface area contributed by atoms with Crippen molar-refractivity contribution >= 4 is 52.4 Å². The Morgan fingerprint density at radius 1 is 1.08 bits per heavy atom. The highest BCUT2D eigenvalue weighted by molar-refractivity contribution is 6.40. The molecule has 198 valence electrons. The number of halogens is 2. The van der Waals surface area contributed by atoms with E-state index in [0.717, 1.165) is 5.56 Å². The van der Waals surface area contributed by atoms with E-state index < -0.39 is 23.8 Å². The molecule has 2 aromatic rings. The highest BCUT2D eigenvalue weighted by Crippen LogP contribution is 2.25. The van der Waals surface area contributed by atoms with Crippen molar-refractivity contribution < 1.29 is 28.7 Å². The van der Waals surface area contributed by atoms with E-state index in [2.05, 4.69) is 15.8 Å². The summed E-state index contributed by atoms with van der Waals surface area (Å²) in [4.78, 5) is 43.3. The summed E-state index contributed by atoms with van der Waals surface area (Å²) in [5.41, 5.74) is 1.65. The molecule has 1 atom stereocenters. The van der Waals surface area contributed by atoms with Crippen LogP contribution >= 0.6 is 23.2 Å². The Kier molecular flexibility index (Phi) is 10.7. The third kappa shape index (κ3) is 7.92. The first-order chi connectivity index (χ1) is 17.8. The van der Waals surface area contributed by atoms with E-state index in [1.54, 1.807) is 49.4 Å². The molecule has 2 N–H and O–H groups in total. The van der Waals surface area contributed by atoms with Crippen molar-refractivity contribution in [3.05, 3.63) is 63.6 Å². The molecule has 0 aromatic heterocycles. The smallest absolute Gasteiger partial charge is 0.328 e. The Bertz CT molecular complexity index is 1110. The number of esters is 1. The average Bonchev–Trinajstić information content (AvgIpc) is 2.88. The van der Waals surface area contributed by atoms with E-state index in [-0.39, 0.29) is 40.3 Å². The molecule has 2 amide bonds. The van der Waals surface area contributed by atoms with Gasteiger partial charge in [-0.15, -0.1) is 0 Å². The van der Waals surface area contributed by atoms with Gasteiger partial charge in [-0.05, 0) is 49.6 Å². The average molecular weight is 550 g/mol. The fraction of sp³-hybridized carbons (Fsp3) is 0.385. The van der Waals surface area contributed by atoms with Crippen LogP contribution in [0.5, 0.6) is 0 Å². The van der Waals surface area contributed by atoms with Crippen LogP contribution in [-0.4, -0.2) is 56.5 Å². The van der Waals surface area contributed by atoms with Gasteiger partial charge in [0.25, 0.3) is 11.8 Å². The number of ether oxygens (including phenoxy) is 2. The number of oxime groups is 1. The number of nitrogens with one attached hydrogen (secondary N) is 2. The molecule has 1 aliphatic heterocycles. The normalized spacial score (nSPS) is 15.0. The predicted molar refractivity (Wildman–Crippen MR) is 141 cm³/mol. The van der Waals surface area contributed by atoms with Crippen molar-refractivity contribution in [1.82, 2.24) is 5.32 Å². The summed E-state index contributed by atoms with van der Waals surface area (Å²) in [6, 6.07) is 10.7. The molecule has 0 spiro atoms. The summed E-state index contributed by atoms with van der Waals surface area (Å²) in [6.07, 6.45) is 1.43. The standard InChI is InChI=1S/C26H29Cl2N3O6/c1-3-37-26(34)21(30-25(33)23(31-35-2)17-11-13-36-14-12-17)15-16-7-9-18(10-8-16)29-24(32)22-19(27)5-4-6-20(22)28/h4-10,17,21H,3,11-15H2,1-2H3,(H,29,32)(H,30,33)/t21-/m0/s1. The van der Waals surface area contributed by atoms with Crippen molar-refractivity contribution in [2.24, 2.45) is 11.1 Å². The first-order valence-electron chi connectivity index (χ1n) is 11.8. The number of hydrogen-bond donors (Lipinski definition) is 2. The van der Waals surface area contributed by atoms with Crippen molar-refractivity contribution in [3.8, 4) is 0 Å². The van der Waals surface area contributed by atoms with Gasteiger partial charge in [0.2, 0.25) is 0 Å². The van der Waals surface area contributed by atoms with Crippen LogP contribution in [0.3, 0.4) is 0 Å². The number of carbonyl (C=O) groups is 3. The zero-order valence-electron chi connectivity index (χ0n) is 20.6. The second-order valence-corrected chi connectivity index (χ2v) is 9.09. The van der Waals surface area contributed by atoms with Gasteiger partial charge in [-0.3, -0.25) is 9.59 Å². The summed E-state index contributed by atoms with van der Waals surface area (Å²) in [7, 11) is 1.37. The molecule has 1 fully saturated rings. The number of amides is 2. The highest BCUT2D eigenvalue weighted by atomic mass is 35.5. The lowest BCUT2D eigenvalue weighted by Crippen LogP contribution is -2.48. The minimum Gasteiger partial charge on any atom is -0.464 e. The second kappa shape index (κ2) is 14.0. The number of hydrogen-bond acceptors (Lipinski definition) is 7. The summed E-state index contributed by atoms with van der Waals surface area (Å²) >= 11 is 12.2. The van der Waals surface area contributed by atoms with E-state index in [0.29, 0.717) is 31.7 Å². The number of nitrogens with zero attached hydrogens (tertiary/aromatic N) is 1. The largest absolute Gasteiger partial charge is 0.464 e. The van der Waals surface area contributed by atoms with Crippen LogP contribution < -0.4 is 10.6 Å². The maximum Gasteiger partial charge on any atom is 0.328 e. The quantitative estimate of drug-likeness (QED) is 0.260. The predicted octanol–water partition coefficient (Wildman–Crippen LogP) is 4.27. The van der Waals surface area contributed by atoms with Crippen LogP contribution in [0.25, 0.3) is 0 Å². The van der Waals surface area contributed by atoms with Gasteiger partial charge in [-0.25, -0.2) is 4.79 Å². The molecule has 1 heterocycles. The molecule has 3 rings (SSSR count). The molecule has 11 heteroatoms. The summed E-state index contributed by atoms with van der Waals surface area (Å²) in [5, 5.41) is 9.91. The van der Waals surface area contributed by atoms with Gasteiger partial charge in [0.05, 0.1) is 22.2 Å². The summed E-state index contributed by atoms with van der Waals surface area (Å²) < 4.78 is 10.6. The van der Waals surface area contributed by atoms with Gasteiger partial charge in [0.15, 0.2) is 0 Å². The van der Waals surface area contributed by atoms with Gasteiger partial charge in [-0.1, -0.05) is 46.6 Å². The second-order valence-electron chi connectivity index (χ2n) is 8.28. The number of rotatable bonds is 10. The van der Waals surface area contributed by atoms with Crippen molar-refractivity contribution in [1.29, 1.82) is 0 Å². The van der Waals surface area contributed by atoms with Crippen molar-refractivity contribution in [2.45, 2.75) is 32.2 Å². The van der Waals surface area contributed by atoms with Crippen molar-refractivity contribution in [2.75, 3.05) is 32.2 Å². The Morgan fingerprint density at radius 2 is 1.73 bits per heavy atom. The zero-order chi connectivity index (χ0) is 26.8. The molecule has 0 radical (unpaired) electrons. The third-order valence-electron chi connectivity index (χ3n) is 5.75. The SMILES string of the molecule is CCOC(=O)[C@H](Cc1ccc(NC(=O)c2c(Cl)cccc2Cl)cc1)NC(=O)C(=NOC)C1CCOCC1. The van der Waals surface area contributed by atoms with Crippen molar-refractivity contribution in [3.63, 3.8) is 0 Å². The Morgan fingerprint density at radius 3 is 2.32 bits per heavy atom. The monoisotopic (exact) mass is 549 g/mol. The maximum atomic E-state index is 13.1. The van der Waals surface area contributed by atoms with E-state index in [1.165, 1.54) is 7.11 Å². The summed E-state index contributed by atoms with van der Waals surface area (Å²) in [6.45, 7) is 2.90. The van der Waals surface area contributed by atoms with E-state index in [4.69, 9.17) is 37.5 Å². The zero-order valence-corrected chi connectivity index (χ0v) is 22.1. The fourth-order valence-electron chi connectivity index (χ4n) is 3.91. The molecular formula is C26H29Cl2N3O6. The molecule has 0 bridgehead atoms. The highest BCUT2D eigenvalue weighted by Gasteiger charge is 2.30. The first-order valence-corrected chi connectivity index (χ1v) is 12.6. The maximum absolute atomic E-state index is 13.1. The fourth-order valence-corrected chi connectivity index (χ4v) is 4.48. The van der Waals surface area contributed by atoms with Gasteiger partial charge in [0, 0.05) is 31.2 Å². The molecule has 1 saturated heterocycles. The molecule has 9 nitrogen and oxygen atoms in total. The molecule has 2 aromatic carbocycles. The topological polar surface area (TPSA) is 115 Å². The third-order valence-corrected chi connectivity index (χ3v) is 6.38. The van der Waals surface area contributed by atoms with Gasteiger partial charge < -0.3 is 24.9 Å². The van der Waals surface area contributed by atoms with Crippen LogP contribution in [0.2, 0.25) is 10.0 Å². The first kappa shape index (κ1) is 28.4. The van der Waals surface area contributed by atoms with Gasteiger partial charge in [-0.2, -0.15) is 0 Å². The van der Waals surface area contributed by atoms with Crippen LogP contribution in [-0.2, 0) is 30.3 Å². The molecular weight excluding hydrogens is 521 g/mol. The Labute approximate surface area is 225 Å². The minimum absolute atomic E-state index is 0.133. The molecule has 0 aliphatic carbocycles. The lowest BCUT2D eigenvalue weighted by molar-refractivity contribution is -0.146. The van der Waals surface area contributed by atoms with E-state index in [9.17, 15) is 14.4 Å². The number of carbonyl (C=O) groups excluding carboxylic acids is 3. The Hall–Kier alpha value is -3.14. The lowest BCUT2D eigenvalue weighted by Gasteiger charge is -2.24. The molecule has 0 saturated carbocycles. The van der Waals surface area contributed by atoms with Gasteiger partial charge >= 0.3 is 5.97 Å². The van der Waals surface area contributed by atoms with Crippen LogP contribution in [0.15, 0.2) is 47.6 Å². The molecule has 1 aliphatic rings.